The molecule has 2 amide bonds. The summed E-state index contributed by atoms with van der Waals surface area (Å²) in [4.78, 5) is 29.2. The molecule has 0 radical (unpaired) electrons. The van der Waals surface area contributed by atoms with E-state index in [2.05, 4.69) is 0 Å². The van der Waals surface area contributed by atoms with E-state index in [9.17, 15) is 22.8 Å². The molecular formula is C25H23F3N2O4. The summed E-state index contributed by atoms with van der Waals surface area (Å²) in [6.07, 6.45) is -3.47. The van der Waals surface area contributed by atoms with Gasteiger partial charge in [0.2, 0.25) is 0 Å². The SMILES string of the molecule is O=C(c1ccccc1)N1CCOC(CN(Cc2ccco2)C(=O)c2ccc(C(F)(F)F)cc2)C1. The predicted molar refractivity (Wildman–Crippen MR) is 117 cm³/mol. The molecule has 2 heterocycles. The minimum atomic E-state index is -4.49. The first-order chi connectivity index (χ1) is 16.3. The first-order valence-electron chi connectivity index (χ1n) is 10.8. The molecule has 9 heteroatoms. The van der Waals surface area contributed by atoms with E-state index < -0.39 is 23.8 Å². The lowest BCUT2D eigenvalue weighted by Gasteiger charge is -2.35. The van der Waals surface area contributed by atoms with Crippen LogP contribution in [0.5, 0.6) is 0 Å². The molecule has 0 aliphatic carbocycles. The molecule has 1 fully saturated rings. The molecule has 1 aromatic heterocycles. The lowest BCUT2D eigenvalue weighted by atomic mass is 10.1. The molecule has 34 heavy (non-hydrogen) atoms. The Hall–Kier alpha value is -3.59. The van der Waals surface area contributed by atoms with Gasteiger partial charge in [-0.15, -0.1) is 0 Å². The van der Waals surface area contributed by atoms with Gasteiger partial charge >= 0.3 is 6.18 Å². The zero-order valence-corrected chi connectivity index (χ0v) is 18.2. The Labute approximate surface area is 194 Å². The molecule has 4 rings (SSSR count). The largest absolute Gasteiger partial charge is 0.467 e. The van der Waals surface area contributed by atoms with E-state index in [4.69, 9.17) is 9.15 Å². The summed E-state index contributed by atoms with van der Waals surface area (Å²) < 4.78 is 49.9. The van der Waals surface area contributed by atoms with E-state index in [0.717, 1.165) is 24.3 Å². The van der Waals surface area contributed by atoms with Gasteiger partial charge in [-0.05, 0) is 48.5 Å². The van der Waals surface area contributed by atoms with E-state index in [1.54, 1.807) is 41.3 Å². The number of benzene rings is 2. The maximum Gasteiger partial charge on any atom is 0.416 e. The van der Waals surface area contributed by atoms with Crippen molar-refractivity contribution in [2.45, 2.75) is 18.8 Å². The van der Waals surface area contributed by atoms with Crippen LogP contribution in [0.2, 0.25) is 0 Å². The lowest BCUT2D eigenvalue weighted by molar-refractivity contribution is -0.137. The number of morpholine rings is 1. The quantitative estimate of drug-likeness (QED) is 0.531. The van der Waals surface area contributed by atoms with Crippen LogP contribution in [0, 0.1) is 0 Å². The van der Waals surface area contributed by atoms with Crippen molar-refractivity contribution < 1.29 is 31.9 Å². The molecule has 1 unspecified atom stereocenters. The van der Waals surface area contributed by atoms with Gasteiger partial charge < -0.3 is 19.0 Å². The third kappa shape index (κ3) is 5.66. The third-order valence-electron chi connectivity index (χ3n) is 5.54. The van der Waals surface area contributed by atoms with Gasteiger partial charge in [0, 0.05) is 30.8 Å². The molecule has 6 nitrogen and oxygen atoms in total. The molecule has 0 bridgehead atoms. The van der Waals surface area contributed by atoms with Crippen LogP contribution in [0.1, 0.15) is 32.0 Å². The molecule has 2 aromatic carbocycles. The number of alkyl halides is 3. The van der Waals surface area contributed by atoms with Crippen LogP contribution >= 0.6 is 0 Å². The van der Waals surface area contributed by atoms with Crippen molar-refractivity contribution in [1.82, 2.24) is 9.80 Å². The van der Waals surface area contributed by atoms with Crippen molar-refractivity contribution in [2.24, 2.45) is 0 Å². The van der Waals surface area contributed by atoms with Gasteiger partial charge in [0.1, 0.15) is 5.76 Å². The van der Waals surface area contributed by atoms with Gasteiger partial charge in [-0.1, -0.05) is 18.2 Å². The van der Waals surface area contributed by atoms with Crippen LogP contribution in [0.25, 0.3) is 0 Å². The van der Waals surface area contributed by atoms with E-state index in [0.29, 0.717) is 24.5 Å². The van der Waals surface area contributed by atoms with E-state index in [1.165, 1.54) is 11.2 Å². The van der Waals surface area contributed by atoms with Crippen molar-refractivity contribution in [3.8, 4) is 0 Å². The smallest absolute Gasteiger partial charge is 0.416 e. The standard InChI is InChI=1S/C25H23F3N2O4/c26-25(27,28)20-10-8-19(9-11-20)24(32)30(15-21-7-4-13-33-21)17-22-16-29(12-14-34-22)23(31)18-5-2-1-3-6-18/h1-11,13,22H,12,14-17H2. The summed E-state index contributed by atoms with van der Waals surface area (Å²) >= 11 is 0. The van der Waals surface area contributed by atoms with Gasteiger partial charge in [-0.3, -0.25) is 9.59 Å². The fourth-order valence-corrected chi connectivity index (χ4v) is 3.82. The normalized spacial score (nSPS) is 16.3. The molecule has 0 saturated carbocycles. The average Bonchev–Trinajstić information content (AvgIpc) is 3.36. The van der Waals surface area contributed by atoms with E-state index in [-0.39, 0.29) is 31.1 Å². The molecule has 3 aromatic rings. The molecule has 0 spiro atoms. The number of ether oxygens (including phenoxy) is 1. The summed E-state index contributed by atoms with van der Waals surface area (Å²) in [6.45, 7) is 1.27. The predicted octanol–water partition coefficient (Wildman–Crippen LogP) is 4.48. The van der Waals surface area contributed by atoms with Crippen LogP contribution in [-0.2, 0) is 17.5 Å². The van der Waals surface area contributed by atoms with Crippen LogP contribution in [-0.4, -0.2) is 54.0 Å². The maximum atomic E-state index is 13.2. The molecular weight excluding hydrogens is 449 g/mol. The van der Waals surface area contributed by atoms with Gasteiger partial charge in [0.15, 0.2) is 0 Å². The maximum absolute atomic E-state index is 13.2. The highest BCUT2D eigenvalue weighted by Gasteiger charge is 2.32. The molecule has 1 atom stereocenters. The minimum absolute atomic E-state index is 0.110. The Morgan fingerprint density at radius 2 is 1.71 bits per heavy atom. The van der Waals surface area contributed by atoms with Gasteiger partial charge in [-0.2, -0.15) is 13.2 Å². The minimum Gasteiger partial charge on any atom is -0.467 e. The molecule has 1 aliphatic heterocycles. The van der Waals surface area contributed by atoms with Gasteiger partial charge in [0.05, 0.1) is 31.1 Å². The number of rotatable bonds is 6. The number of halogens is 3. The van der Waals surface area contributed by atoms with Gasteiger partial charge in [-0.25, -0.2) is 0 Å². The number of carbonyl (C=O) groups is 2. The number of furan rings is 1. The second kappa shape index (κ2) is 10.1. The van der Waals surface area contributed by atoms with Crippen molar-refractivity contribution in [3.05, 3.63) is 95.4 Å². The number of carbonyl (C=O) groups excluding carboxylic acids is 2. The fourth-order valence-electron chi connectivity index (χ4n) is 3.82. The Morgan fingerprint density at radius 3 is 2.35 bits per heavy atom. The van der Waals surface area contributed by atoms with Crippen LogP contribution in [0.3, 0.4) is 0 Å². The molecule has 178 valence electrons. The van der Waals surface area contributed by atoms with Crippen molar-refractivity contribution >= 4 is 11.8 Å². The Balaban J connectivity index is 1.49. The first kappa shape index (κ1) is 23.6. The third-order valence-corrected chi connectivity index (χ3v) is 5.54. The Kier molecular flexibility index (Phi) is 7.02. The Bertz CT molecular complexity index is 1100. The summed E-state index contributed by atoms with van der Waals surface area (Å²) in [5.41, 5.74) is -0.142. The number of nitrogens with zero attached hydrogens (tertiary/aromatic N) is 2. The van der Waals surface area contributed by atoms with Crippen molar-refractivity contribution in [3.63, 3.8) is 0 Å². The topological polar surface area (TPSA) is 63.0 Å². The number of amides is 2. The fraction of sp³-hybridized carbons (Fsp3) is 0.280. The average molecular weight is 472 g/mol. The van der Waals surface area contributed by atoms with Crippen molar-refractivity contribution in [1.29, 1.82) is 0 Å². The van der Waals surface area contributed by atoms with Crippen LogP contribution in [0.4, 0.5) is 13.2 Å². The summed E-state index contributed by atoms with van der Waals surface area (Å²) in [6, 6.07) is 16.4. The highest BCUT2D eigenvalue weighted by atomic mass is 19.4. The zero-order chi connectivity index (χ0) is 24.1. The molecule has 1 aliphatic rings. The van der Waals surface area contributed by atoms with Crippen molar-refractivity contribution in [2.75, 3.05) is 26.2 Å². The second-order valence-electron chi connectivity index (χ2n) is 7.95. The molecule has 0 N–H and O–H groups in total. The van der Waals surface area contributed by atoms with E-state index in [1.807, 2.05) is 6.07 Å². The van der Waals surface area contributed by atoms with Crippen LogP contribution in [0.15, 0.2) is 77.4 Å². The number of hydrogen-bond acceptors (Lipinski definition) is 4. The monoisotopic (exact) mass is 472 g/mol. The Morgan fingerprint density at radius 1 is 0.971 bits per heavy atom. The summed E-state index contributed by atoms with van der Waals surface area (Å²) in [5, 5.41) is 0. The van der Waals surface area contributed by atoms with Crippen LogP contribution < -0.4 is 0 Å². The lowest BCUT2D eigenvalue weighted by Crippen LogP contribution is -2.50. The van der Waals surface area contributed by atoms with Gasteiger partial charge in [0.25, 0.3) is 11.8 Å². The second-order valence-corrected chi connectivity index (χ2v) is 7.95. The summed E-state index contributed by atoms with van der Waals surface area (Å²) in [7, 11) is 0. The summed E-state index contributed by atoms with van der Waals surface area (Å²) in [5.74, 6) is -0.0610. The molecule has 1 saturated heterocycles. The highest BCUT2D eigenvalue weighted by Crippen LogP contribution is 2.29. The zero-order valence-electron chi connectivity index (χ0n) is 18.2. The number of hydrogen-bond donors (Lipinski definition) is 0. The van der Waals surface area contributed by atoms with E-state index >= 15 is 0 Å². The first-order valence-corrected chi connectivity index (χ1v) is 10.8. The highest BCUT2D eigenvalue weighted by molar-refractivity contribution is 5.95.